The summed E-state index contributed by atoms with van der Waals surface area (Å²) in [5.41, 5.74) is 5.17. The maximum atomic E-state index is 12.8. The molecule has 6 rings (SSSR count). The number of hydrogen-bond donors (Lipinski definition) is 1. The van der Waals surface area contributed by atoms with Gasteiger partial charge in [0.1, 0.15) is 18.2 Å². The number of nitrogens with one attached hydrogen (secondary N) is 1. The predicted octanol–water partition coefficient (Wildman–Crippen LogP) is 5.84. The number of rotatable bonds is 5. The fraction of sp³-hybridized carbons (Fsp3) is 0.148. The third kappa shape index (κ3) is 3.74. The van der Waals surface area contributed by atoms with Crippen molar-refractivity contribution in [1.29, 1.82) is 0 Å². The first-order chi connectivity index (χ1) is 16.7. The van der Waals surface area contributed by atoms with Crippen LogP contribution in [-0.4, -0.2) is 20.7 Å². The van der Waals surface area contributed by atoms with Gasteiger partial charge in [-0.25, -0.2) is 4.98 Å². The van der Waals surface area contributed by atoms with Crippen molar-refractivity contribution in [3.05, 3.63) is 101 Å². The molecular weight excluding hydrogens is 444 g/mol. The maximum absolute atomic E-state index is 12.8. The van der Waals surface area contributed by atoms with Gasteiger partial charge < -0.3 is 10.1 Å². The predicted molar refractivity (Wildman–Crippen MR) is 134 cm³/mol. The third-order valence-corrected chi connectivity index (χ3v) is 7.07. The molecule has 0 aliphatic carbocycles. The highest BCUT2D eigenvalue weighted by Crippen LogP contribution is 2.42. The van der Waals surface area contributed by atoms with Crippen LogP contribution in [0.2, 0.25) is 0 Å². The zero-order chi connectivity index (χ0) is 23.1. The van der Waals surface area contributed by atoms with Crippen LogP contribution in [0.15, 0.2) is 79.0 Å². The molecule has 0 fully saturated rings. The second-order valence-electron chi connectivity index (χ2n) is 8.44. The molecule has 34 heavy (non-hydrogen) atoms. The number of fused-ring (bicyclic) bond motifs is 2. The molecule has 0 spiro atoms. The summed E-state index contributed by atoms with van der Waals surface area (Å²) in [4.78, 5) is 17.5. The number of ether oxygens (including phenoxy) is 1. The first-order valence-electron chi connectivity index (χ1n) is 11.2. The normalized spacial score (nSPS) is 15.2. The molecule has 1 unspecified atom stereocenters. The number of thiazole rings is 1. The fourth-order valence-electron chi connectivity index (χ4n) is 4.46. The number of aromatic nitrogens is 3. The lowest BCUT2D eigenvalue weighted by Gasteiger charge is -2.25. The van der Waals surface area contributed by atoms with Crippen LogP contribution in [-0.2, 0) is 11.4 Å². The minimum absolute atomic E-state index is 0.0474. The molecule has 2 aromatic heterocycles. The molecule has 1 amide bonds. The zero-order valence-corrected chi connectivity index (χ0v) is 19.4. The van der Waals surface area contributed by atoms with Gasteiger partial charge in [0.25, 0.3) is 0 Å². The monoisotopic (exact) mass is 466 g/mol. The van der Waals surface area contributed by atoms with Gasteiger partial charge in [0.05, 0.1) is 16.4 Å². The summed E-state index contributed by atoms with van der Waals surface area (Å²) < 4.78 is 9.06. The van der Waals surface area contributed by atoms with E-state index in [4.69, 9.17) is 9.72 Å². The van der Waals surface area contributed by atoms with Gasteiger partial charge in [0, 0.05) is 23.5 Å². The van der Waals surface area contributed by atoms with Crippen molar-refractivity contribution in [3.8, 4) is 10.9 Å². The largest absolute Gasteiger partial charge is 0.489 e. The molecule has 3 aromatic carbocycles. The fourth-order valence-corrected chi connectivity index (χ4v) is 5.39. The van der Waals surface area contributed by atoms with Crippen molar-refractivity contribution < 1.29 is 9.53 Å². The molecule has 1 aliphatic heterocycles. The summed E-state index contributed by atoms with van der Waals surface area (Å²) in [6.07, 6.45) is 2.17. The number of para-hydroxylation sites is 2. The summed E-state index contributed by atoms with van der Waals surface area (Å²) in [6.45, 7) is 2.54. The molecule has 0 saturated heterocycles. The van der Waals surface area contributed by atoms with Crippen molar-refractivity contribution in [2.45, 2.75) is 25.9 Å². The van der Waals surface area contributed by atoms with Crippen LogP contribution in [0.3, 0.4) is 0 Å². The Bertz CT molecular complexity index is 1490. The van der Waals surface area contributed by atoms with E-state index in [1.807, 2.05) is 60.8 Å². The van der Waals surface area contributed by atoms with Crippen molar-refractivity contribution in [2.24, 2.45) is 0 Å². The molecule has 6 nitrogen and oxygen atoms in total. The van der Waals surface area contributed by atoms with E-state index in [-0.39, 0.29) is 11.8 Å². The Morgan fingerprint density at radius 1 is 1.06 bits per heavy atom. The van der Waals surface area contributed by atoms with Crippen LogP contribution >= 0.6 is 11.3 Å². The first-order valence-corrected chi connectivity index (χ1v) is 12.0. The lowest BCUT2D eigenvalue weighted by atomic mass is 9.87. The van der Waals surface area contributed by atoms with E-state index in [0.717, 1.165) is 37.8 Å². The molecule has 0 radical (unpaired) electrons. The lowest BCUT2D eigenvalue weighted by molar-refractivity contribution is -0.116. The Hall–Kier alpha value is -3.97. The number of hydrogen-bond acceptors (Lipinski definition) is 5. The standard InChI is InChI=1S/C27H22N4O2S/c1-17-7-6-8-18(13-17)16-33-23-11-4-2-9-19(23)20-14-25(32)30-26-21(20)15-28-31(26)27-29-22-10-3-5-12-24(22)34-27/h2-13,15,20H,14,16H2,1H3,(H,30,32). The van der Waals surface area contributed by atoms with Crippen LogP contribution in [0.5, 0.6) is 5.75 Å². The van der Waals surface area contributed by atoms with Gasteiger partial charge >= 0.3 is 0 Å². The smallest absolute Gasteiger partial charge is 0.226 e. The summed E-state index contributed by atoms with van der Waals surface area (Å²) in [7, 11) is 0. The van der Waals surface area contributed by atoms with Gasteiger partial charge in [-0.15, -0.1) is 0 Å². The third-order valence-electron chi connectivity index (χ3n) is 6.06. The van der Waals surface area contributed by atoms with Crippen LogP contribution in [0, 0.1) is 6.92 Å². The molecule has 7 heteroatoms. The second-order valence-corrected chi connectivity index (χ2v) is 9.45. The van der Waals surface area contributed by atoms with Crippen molar-refractivity contribution in [2.75, 3.05) is 5.32 Å². The summed E-state index contributed by atoms with van der Waals surface area (Å²) in [6, 6.07) is 24.2. The molecular formula is C27H22N4O2S. The van der Waals surface area contributed by atoms with Crippen LogP contribution < -0.4 is 10.1 Å². The van der Waals surface area contributed by atoms with E-state index in [0.29, 0.717) is 18.8 Å². The number of anilines is 1. The van der Waals surface area contributed by atoms with Gasteiger partial charge in [-0.3, -0.25) is 4.79 Å². The van der Waals surface area contributed by atoms with Crippen LogP contribution in [0.25, 0.3) is 15.3 Å². The minimum Gasteiger partial charge on any atom is -0.489 e. The summed E-state index contributed by atoms with van der Waals surface area (Å²) >= 11 is 1.55. The Morgan fingerprint density at radius 2 is 1.91 bits per heavy atom. The van der Waals surface area contributed by atoms with Gasteiger partial charge in [0.2, 0.25) is 11.0 Å². The van der Waals surface area contributed by atoms with Crippen molar-refractivity contribution >= 4 is 33.3 Å². The molecule has 1 N–H and O–H groups in total. The second kappa shape index (κ2) is 8.43. The number of benzene rings is 3. The van der Waals surface area contributed by atoms with Gasteiger partial charge in [-0.05, 0) is 30.7 Å². The molecule has 0 saturated carbocycles. The Labute approximate surface area is 200 Å². The SMILES string of the molecule is Cc1cccc(COc2ccccc2C2CC(=O)Nc3c2cnn3-c2nc3ccccc3s2)c1. The Morgan fingerprint density at radius 3 is 2.79 bits per heavy atom. The Balaban J connectivity index is 1.36. The Kier molecular flexibility index (Phi) is 5.11. The average molecular weight is 467 g/mol. The molecule has 5 aromatic rings. The number of nitrogens with zero attached hydrogens (tertiary/aromatic N) is 3. The molecule has 168 valence electrons. The first kappa shape index (κ1) is 20.6. The van der Waals surface area contributed by atoms with Gasteiger partial charge in [-0.1, -0.05) is 71.5 Å². The van der Waals surface area contributed by atoms with Crippen LogP contribution in [0.4, 0.5) is 5.82 Å². The van der Waals surface area contributed by atoms with Crippen molar-refractivity contribution in [3.63, 3.8) is 0 Å². The van der Waals surface area contributed by atoms with Gasteiger partial charge in [0.15, 0.2) is 0 Å². The van der Waals surface area contributed by atoms with E-state index in [1.165, 1.54) is 5.56 Å². The van der Waals surface area contributed by atoms with E-state index >= 15 is 0 Å². The number of carbonyl (C=O) groups is 1. The van der Waals surface area contributed by atoms with E-state index in [2.05, 4.69) is 35.5 Å². The zero-order valence-electron chi connectivity index (χ0n) is 18.6. The number of amides is 1. The lowest BCUT2D eigenvalue weighted by Crippen LogP contribution is -2.24. The molecule has 1 aliphatic rings. The molecule has 0 bridgehead atoms. The number of aryl methyl sites for hydroxylation is 1. The van der Waals surface area contributed by atoms with Crippen LogP contribution in [0.1, 0.15) is 34.6 Å². The summed E-state index contributed by atoms with van der Waals surface area (Å²) in [5, 5.41) is 8.37. The number of carbonyl (C=O) groups excluding carboxylic acids is 1. The van der Waals surface area contributed by atoms with E-state index < -0.39 is 0 Å². The quantitative estimate of drug-likeness (QED) is 0.353. The highest BCUT2D eigenvalue weighted by atomic mass is 32.1. The molecule has 1 atom stereocenters. The highest BCUT2D eigenvalue weighted by Gasteiger charge is 2.32. The van der Waals surface area contributed by atoms with Crippen molar-refractivity contribution in [1.82, 2.24) is 14.8 Å². The summed E-state index contributed by atoms with van der Waals surface area (Å²) in [5.74, 6) is 1.26. The van der Waals surface area contributed by atoms with E-state index in [1.54, 1.807) is 16.0 Å². The minimum atomic E-state index is -0.152. The topological polar surface area (TPSA) is 69.0 Å². The average Bonchev–Trinajstić information content (AvgIpc) is 3.46. The maximum Gasteiger partial charge on any atom is 0.226 e. The van der Waals surface area contributed by atoms with E-state index in [9.17, 15) is 4.79 Å². The van der Waals surface area contributed by atoms with Gasteiger partial charge in [-0.2, -0.15) is 9.78 Å². The highest BCUT2D eigenvalue weighted by molar-refractivity contribution is 7.20. The molecule has 3 heterocycles.